The first-order chi connectivity index (χ1) is 17.7. The molecular formula is C31H25N3O2. The molecular weight excluding hydrogens is 446 g/mol. The van der Waals surface area contributed by atoms with Gasteiger partial charge >= 0.3 is 0 Å². The van der Waals surface area contributed by atoms with Crippen molar-refractivity contribution < 1.29 is 9.53 Å². The summed E-state index contributed by atoms with van der Waals surface area (Å²) in [6.45, 7) is 0. The molecule has 5 heteroatoms. The second-order valence-corrected chi connectivity index (χ2v) is 8.37. The van der Waals surface area contributed by atoms with Crippen molar-refractivity contribution in [1.29, 1.82) is 0 Å². The Hall–Kier alpha value is -4.77. The average Bonchev–Trinajstić information content (AvgIpc) is 2.93. The third-order valence-corrected chi connectivity index (χ3v) is 5.85. The molecule has 0 atom stereocenters. The van der Waals surface area contributed by atoms with Crippen LogP contribution in [0.25, 0.3) is 34.2 Å². The summed E-state index contributed by atoms with van der Waals surface area (Å²) in [6.07, 6.45) is 5.75. The Balaban J connectivity index is 1.42. The molecule has 5 aromatic rings. The van der Waals surface area contributed by atoms with Crippen molar-refractivity contribution in [2.24, 2.45) is 0 Å². The highest BCUT2D eigenvalue weighted by Crippen LogP contribution is 2.24. The third kappa shape index (κ3) is 5.47. The topological polar surface area (TPSA) is 64.1 Å². The van der Waals surface area contributed by atoms with Crippen molar-refractivity contribution in [1.82, 2.24) is 9.97 Å². The fourth-order valence-corrected chi connectivity index (χ4v) is 3.97. The lowest BCUT2D eigenvalue weighted by atomic mass is 10.0. The van der Waals surface area contributed by atoms with Crippen LogP contribution < -0.4 is 10.1 Å². The second-order valence-electron chi connectivity index (χ2n) is 8.37. The summed E-state index contributed by atoms with van der Waals surface area (Å²) >= 11 is 0. The number of aromatic nitrogens is 2. The Morgan fingerprint density at radius 3 is 2.39 bits per heavy atom. The molecule has 0 spiro atoms. The van der Waals surface area contributed by atoms with Crippen LogP contribution in [0.1, 0.15) is 16.8 Å². The van der Waals surface area contributed by atoms with Gasteiger partial charge in [-0.25, -0.2) is 9.97 Å². The number of benzene rings is 4. The second kappa shape index (κ2) is 10.7. The molecule has 176 valence electrons. The van der Waals surface area contributed by atoms with E-state index in [-0.39, 0.29) is 12.3 Å². The molecule has 0 saturated heterocycles. The zero-order valence-corrected chi connectivity index (χ0v) is 19.9. The Morgan fingerprint density at radius 2 is 1.61 bits per heavy atom. The van der Waals surface area contributed by atoms with Crippen LogP contribution in [-0.2, 0) is 11.2 Å². The number of methoxy groups -OCH3 is 1. The summed E-state index contributed by atoms with van der Waals surface area (Å²) < 4.78 is 5.26. The molecule has 0 aliphatic rings. The number of hydrogen-bond donors (Lipinski definition) is 1. The maximum Gasteiger partial charge on any atom is 0.230 e. The van der Waals surface area contributed by atoms with E-state index in [4.69, 9.17) is 9.72 Å². The number of amides is 1. The van der Waals surface area contributed by atoms with Gasteiger partial charge in [0.1, 0.15) is 11.4 Å². The number of anilines is 1. The number of rotatable bonds is 7. The van der Waals surface area contributed by atoms with E-state index in [0.29, 0.717) is 17.2 Å². The van der Waals surface area contributed by atoms with Crippen molar-refractivity contribution in [3.8, 4) is 17.0 Å². The zero-order chi connectivity index (χ0) is 24.7. The van der Waals surface area contributed by atoms with Gasteiger partial charge in [0.25, 0.3) is 0 Å². The molecule has 0 aliphatic carbocycles. The van der Waals surface area contributed by atoms with Gasteiger partial charge in [-0.2, -0.15) is 0 Å². The first-order valence-corrected chi connectivity index (χ1v) is 11.7. The molecule has 1 aromatic heterocycles. The molecule has 36 heavy (non-hydrogen) atoms. The number of ether oxygens (including phenoxy) is 1. The minimum Gasteiger partial charge on any atom is -0.497 e. The summed E-state index contributed by atoms with van der Waals surface area (Å²) in [4.78, 5) is 22.3. The normalized spacial score (nSPS) is 11.0. The van der Waals surface area contributed by atoms with Crippen molar-refractivity contribution >= 4 is 34.6 Å². The molecule has 1 amide bonds. The Bertz CT molecular complexity index is 1530. The minimum absolute atomic E-state index is 0.147. The Morgan fingerprint density at radius 1 is 0.861 bits per heavy atom. The molecule has 1 heterocycles. The van der Waals surface area contributed by atoms with E-state index >= 15 is 0 Å². The van der Waals surface area contributed by atoms with Crippen LogP contribution in [0.4, 0.5) is 5.82 Å². The van der Waals surface area contributed by atoms with Gasteiger partial charge in [-0.15, -0.1) is 0 Å². The number of hydrogen-bond acceptors (Lipinski definition) is 4. The van der Waals surface area contributed by atoms with Crippen molar-refractivity contribution in [2.45, 2.75) is 6.42 Å². The maximum atomic E-state index is 13.0. The predicted molar refractivity (Wildman–Crippen MR) is 146 cm³/mol. The Labute approximate surface area is 210 Å². The highest BCUT2D eigenvalue weighted by atomic mass is 16.5. The first-order valence-electron chi connectivity index (χ1n) is 11.7. The van der Waals surface area contributed by atoms with Gasteiger partial charge in [-0.05, 0) is 52.2 Å². The van der Waals surface area contributed by atoms with Gasteiger partial charge in [0.15, 0.2) is 5.82 Å². The van der Waals surface area contributed by atoms with Crippen molar-refractivity contribution in [3.05, 3.63) is 120 Å². The Kier molecular flexibility index (Phi) is 6.81. The number of carbonyl (C=O) groups is 1. The van der Waals surface area contributed by atoms with Crippen LogP contribution in [-0.4, -0.2) is 23.0 Å². The van der Waals surface area contributed by atoms with Gasteiger partial charge in [0.2, 0.25) is 5.91 Å². The standard InChI is InChI=1S/C31H25N3O2/c1-36-27-16-14-25(15-17-27)29-21-32-31(28(33-29)18-12-22-7-3-2-4-8-22)34-30(35)20-23-11-13-24-9-5-6-10-26(24)19-23/h2-19,21H,20H2,1H3,(H,32,34,35)/b18-12+. The zero-order valence-electron chi connectivity index (χ0n) is 19.9. The summed E-state index contributed by atoms with van der Waals surface area (Å²) in [5.41, 5.74) is 4.17. The van der Waals surface area contributed by atoms with Crippen LogP contribution >= 0.6 is 0 Å². The van der Waals surface area contributed by atoms with Crippen molar-refractivity contribution in [2.75, 3.05) is 12.4 Å². The number of fused-ring (bicyclic) bond motifs is 1. The van der Waals surface area contributed by atoms with Crippen LogP contribution in [0, 0.1) is 0 Å². The molecule has 5 rings (SSSR count). The highest BCUT2D eigenvalue weighted by Gasteiger charge is 2.12. The fourth-order valence-electron chi connectivity index (χ4n) is 3.97. The van der Waals surface area contributed by atoms with Gasteiger partial charge < -0.3 is 10.1 Å². The number of carbonyl (C=O) groups excluding carboxylic acids is 1. The van der Waals surface area contributed by atoms with E-state index in [1.54, 1.807) is 13.3 Å². The SMILES string of the molecule is COc1ccc(-c2cnc(NC(=O)Cc3ccc4ccccc4c3)c(/C=C/c3ccccc3)n2)cc1. The van der Waals surface area contributed by atoms with E-state index in [1.807, 2.05) is 103 Å². The molecule has 5 nitrogen and oxygen atoms in total. The summed E-state index contributed by atoms with van der Waals surface area (Å²) in [5.74, 6) is 1.05. The molecule has 0 fully saturated rings. The van der Waals surface area contributed by atoms with E-state index < -0.39 is 0 Å². The molecule has 0 unspecified atom stereocenters. The summed E-state index contributed by atoms with van der Waals surface area (Å²) in [5, 5.41) is 5.21. The largest absolute Gasteiger partial charge is 0.497 e. The lowest BCUT2D eigenvalue weighted by molar-refractivity contribution is -0.115. The average molecular weight is 472 g/mol. The van der Waals surface area contributed by atoms with Crippen molar-refractivity contribution in [3.63, 3.8) is 0 Å². The van der Waals surface area contributed by atoms with Crippen LogP contribution in [0.2, 0.25) is 0 Å². The maximum absolute atomic E-state index is 13.0. The molecule has 4 aromatic carbocycles. The first kappa shape index (κ1) is 23.0. The quantitative estimate of drug-likeness (QED) is 0.288. The molecule has 0 aliphatic heterocycles. The summed E-state index contributed by atoms with van der Waals surface area (Å²) in [6, 6.07) is 31.8. The van der Waals surface area contributed by atoms with Gasteiger partial charge in [0.05, 0.1) is 25.4 Å². The lowest BCUT2D eigenvalue weighted by Gasteiger charge is -2.10. The van der Waals surface area contributed by atoms with Crippen LogP contribution in [0.5, 0.6) is 5.75 Å². The molecule has 0 saturated carbocycles. The van der Waals surface area contributed by atoms with Gasteiger partial charge in [-0.3, -0.25) is 4.79 Å². The molecule has 0 radical (unpaired) electrons. The van der Waals surface area contributed by atoms with Gasteiger partial charge in [-0.1, -0.05) is 78.9 Å². The smallest absolute Gasteiger partial charge is 0.230 e. The van der Waals surface area contributed by atoms with E-state index in [0.717, 1.165) is 33.2 Å². The molecule has 1 N–H and O–H groups in total. The van der Waals surface area contributed by atoms with E-state index in [1.165, 1.54) is 0 Å². The van der Waals surface area contributed by atoms with Gasteiger partial charge in [0, 0.05) is 5.56 Å². The van der Waals surface area contributed by atoms with Crippen LogP contribution in [0.3, 0.4) is 0 Å². The lowest BCUT2D eigenvalue weighted by Crippen LogP contribution is -2.16. The summed E-state index contributed by atoms with van der Waals surface area (Å²) in [7, 11) is 1.64. The minimum atomic E-state index is -0.147. The highest BCUT2D eigenvalue weighted by molar-refractivity contribution is 5.94. The third-order valence-electron chi connectivity index (χ3n) is 5.85. The van der Waals surface area contributed by atoms with E-state index in [2.05, 4.69) is 16.4 Å². The predicted octanol–water partition coefficient (Wildman–Crippen LogP) is 6.66. The van der Waals surface area contributed by atoms with E-state index in [9.17, 15) is 4.79 Å². The fraction of sp³-hybridized carbons (Fsp3) is 0.0645. The van der Waals surface area contributed by atoms with Crippen LogP contribution in [0.15, 0.2) is 103 Å². The number of nitrogens with zero attached hydrogens (tertiary/aromatic N) is 2. The number of nitrogens with one attached hydrogen (secondary N) is 1. The monoisotopic (exact) mass is 471 g/mol. The molecule has 0 bridgehead atoms.